The highest BCUT2D eigenvalue weighted by molar-refractivity contribution is 5.04. The van der Waals surface area contributed by atoms with Gasteiger partial charge in [0.1, 0.15) is 0 Å². The molecule has 1 nitrogen and oxygen atoms in total. The molecule has 0 aliphatic carbocycles. The highest BCUT2D eigenvalue weighted by atomic mass is 14.7. The largest absolute Gasteiger partial charge is 0.343 e. The van der Waals surface area contributed by atoms with Crippen molar-refractivity contribution in [2.75, 3.05) is 0 Å². The molecule has 0 rings (SSSR count). The minimum Gasteiger partial charge on any atom is -0.343 e. The molecular formula is C7H14N+. The Balaban J connectivity index is 3.83. The fraction of sp³-hybridized carbons (Fsp3) is 0.714. The Hall–Kier alpha value is -0.480. The quantitative estimate of drug-likeness (QED) is 0.501. The van der Waals surface area contributed by atoms with Crippen LogP contribution in [0.15, 0.2) is 0 Å². The van der Waals surface area contributed by atoms with E-state index >= 15 is 0 Å². The predicted octanol–water partition coefficient (Wildman–Crippen LogP) is 0.420. The molecule has 46 valence electrons. The number of quaternary nitrogens is 1. The van der Waals surface area contributed by atoms with Gasteiger partial charge in [0.05, 0.1) is 0 Å². The lowest BCUT2D eigenvalue weighted by molar-refractivity contribution is -0.456. The fourth-order valence-corrected chi connectivity index (χ4v) is 0.454. The topological polar surface area (TPSA) is 27.6 Å². The minimum absolute atomic E-state index is 0.0972. The van der Waals surface area contributed by atoms with E-state index in [1.54, 1.807) is 0 Å². The maximum atomic E-state index is 5.22. The van der Waals surface area contributed by atoms with E-state index in [1.807, 2.05) is 0 Å². The number of rotatable bonds is 2. The van der Waals surface area contributed by atoms with Crippen LogP contribution in [0.1, 0.15) is 26.7 Å². The Kier molecular flexibility index (Phi) is 2.57. The monoisotopic (exact) mass is 112 g/mol. The molecule has 0 aromatic heterocycles. The van der Waals surface area contributed by atoms with E-state index in [0.717, 1.165) is 12.8 Å². The standard InChI is InChI=1S/C7H13N/c1-4-7(8,5-2)6-3/h1H,5-6,8H2,2-3H3/p+1. The highest BCUT2D eigenvalue weighted by Crippen LogP contribution is 2.04. The summed E-state index contributed by atoms with van der Waals surface area (Å²) >= 11 is 0. The lowest BCUT2D eigenvalue weighted by atomic mass is 9.96. The molecule has 0 aliphatic heterocycles. The van der Waals surface area contributed by atoms with Crippen molar-refractivity contribution in [3.63, 3.8) is 0 Å². The SMILES string of the molecule is C#CC([NH3+])(CC)CC. The van der Waals surface area contributed by atoms with Crippen LogP contribution in [0.3, 0.4) is 0 Å². The van der Waals surface area contributed by atoms with Crippen molar-refractivity contribution in [1.29, 1.82) is 0 Å². The van der Waals surface area contributed by atoms with Gasteiger partial charge in [-0.15, -0.1) is 6.42 Å². The first-order valence-corrected chi connectivity index (χ1v) is 3.01. The Labute approximate surface area is 51.3 Å². The molecule has 0 unspecified atom stereocenters. The smallest absolute Gasteiger partial charge is 0.155 e. The normalized spacial score (nSPS) is 10.8. The van der Waals surface area contributed by atoms with Crippen LogP contribution in [0.5, 0.6) is 0 Å². The minimum atomic E-state index is -0.0972. The number of hydrogen-bond acceptors (Lipinski definition) is 0. The Morgan fingerprint density at radius 1 is 1.50 bits per heavy atom. The van der Waals surface area contributed by atoms with Crippen LogP contribution in [0.2, 0.25) is 0 Å². The molecule has 0 amide bonds. The van der Waals surface area contributed by atoms with Gasteiger partial charge in [0.25, 0.3) is 0 Å². The molecule has 0 aromatic rings. The molecule has 0 heterocycles. The molecule has 3 N–H and O–H groups in total. The molecule has 0 bridgehead atoms. The summed E-state index contributed by atoms with van der Waals surface area (Å²) in [6, 6.07) is 0. The predicted molar refractivity (Wildman–Crippen MR) is 35.0 cm³/mol. The molecule has 0 saturated carbocycles. The first kappa shape index (κ1) is 7.52. The van der Waals surface area contributed by atoms with Gasteiger partial charge in [0, 0.05) is 12.8 Å². The lowest BCUT2D eigenvalue weighted by Gasteiger charge is -2.13. The second kappa shape index (κ2) is 2.74. The average Bonchev–Trinajstić information content (AvgIpc) is 1.87. The van der Waals surface area contributed by atoms with Gasteiger partial charge in [-0.3, -0.25) is 0 Å². The van der Waals surface area contributed by atoms with Gasteiger partial charge >= 0.3 is 0 Å². The van der Waals surface area contributed by atoms with E-state index in [0.29, 0.717) is 0 Å². The average molecular weight is 112 g/mol. The van der Waals surface area contributed by atoms with Crippen molar-refractivity contribution >= 4 is 0 Å². The van der Waals surface area contributed by atoms with E-state index in [1.165, 1.54) is 0 Å². The summed E-state index contributed by atoms with van der Waals surface area (Å²) in [6.07, 6.45) is 7.16. The van der Waals surface area contributed by atoms with Crippen LogP contribution in [0, 0.1) is 12.3 Å². The Bertz CT molecular complexity index is 95.4. The van der Waals surface area contributed by atoms with Gasteiger partial charge in [-0.1, -0.05) is 13.8 Å². The van der Waals surface area contributed by atoms with E-state index in [-0.39, 0.29) is 5.54 Å². The van der Waals surface area contributed by atoms with E-state index in [2.05, 4.69) is 25.5 Å². The van der Waals surface area contributed by atoms with Crippen molar-refractivity contribution in [3.05, 3.63) is 0 Å². The molecule has 0 atom stereocenters. The second-order valence-electron chi connectivity index (χ2n) is 2.13. The van der Waals surface area contributed by atoms with E-state index < -0.39 is 0 Å². The van der Waals surface area contributed by atoms with Crippen molar-refractivity contribution in [2.24, 2.45) is 0 Å². The molecule has 0 fully saturated rings. The maximum Gasteiger partial charge on any atom is 0.155 e. The van der Waals surface area contributed by atoms with Gasteiger partial charge in [-0.2, -0.15) is 0 Å². The third-order valence-corrected chi connectivity index (χ3v) is 1.66. The molecule has 0 aromatic carbocycles. The number of hydrogen-bond donors (Lipinski definition) is 1. The fourth-order valence-electron chi connectivity index (χ4n) is 0.454. The maximum absolute atomic E-state index is 5.22. The molecule has 0 radical (unpaired) electrons. The molecule has 0 aliphatic rings. The van der Waals surface area contributed by atoms with Crippen molar-refractivity contribution in [2.45, 2.75) is 32.2 Å². The summed E-state index contributed by atoms with van der Waals surface area (Å²) in [5.74, 6) is 2.67. The van der Waals surface area contributed by atoms with Crippen molar-refractivity contribution in [3.8, 4) is 12.3 Å². The van der Waals surface area contributed by atoms with Crippen LogP contribution >= 0.6 is 0 Å². The van der Waals surface area contributed by atoms with Crippen molar-refractivity contribution < 1.29 is 5.73 Å². The summed E-state index contributed by atoms with van der Waals surface area (Å²) in [7, 11) is 0. The zero-order valence-electron chi connectivity index (χ0n) is 5.70. The summed E-state index contributed by atoms with van der Waals surface area (Å²) in [5.41, 5.74) is 3.79. The molecule has 8 heavy (non-hydrogen) atoms. The zero-order valence-corrected chi connectivity index (χ0v) is 5.70. The van der Waals surface area contributed by atoms with E-state index in [9.17, 15) is 0 Å². The summed E-state index contributed by atoms with van der Waals surface area (Å²) in [5, 5.41) is 0. The van der Waals surface area contributed by atoms with Crippen molar-refractivity contribution in [1.82, 2.24) is 0 Å². The summed E-state index contributed by atoms with van der Waals surface area (Å²) in [4.78, 5) is 0. The molecule has 0 saturated heterocycles. The first-order chi connectivity index (χ1) is 3.68. The van der Waals surface area contributed by atoms with Crippen LogP contribution in [0.25, 0.3) is 0 Å². The van der Waals surface area contributed by atoms with Gasteiger partial charge < -0.3 is 5.73 Å². The van der Waals surface area contributed by atoms with Crippen LogP contribution in [-0.2, 0) is 0 Å². The van der Waals surface area contributed by atoms with Gasteiger partial charge in [0.2, 0.25) is 0 Å². The third-order valence-electron chi connectivity index (χ3n) is 1.66. The van der Waals surface area contributed by atoms with Gasteiger partial charge in [0.15, 0.2) is 5.54 Å². The summed E-state index contributed by atoms with van der Waals surface area (Å²) in [6.45, 7) is 4.13. The first-order valence-electron chi connectivity index (χ1n) is 3.01. The summed E-state index contributed by atoms with van der Waals surface area (Å²) < 4.78 is 0. The third kappa shape index (κ3) is 1.55. The van der Waals surface area contributed by atoms with Crippen LogP contribution < -0.4 is 5.73 Å². The lowest BCUT2D eigenvalue weighted by Crippen LogP contribution is -2.71. The zero-order chi connectivity index (χ0) is 6.62. The second-order valence-corrected chi connectivity index (χ2v) is 2.13. The number of terminal acetylenes is 1. The highest BCUT2D eigenvalue weighted by Gasteiger charge is 2.19. The Morgan fingerprint density at radius 3 is 1.88 bits per heavy atom. The van der Waals surface area contributed by atoms with E-state index in [4.69, 9.17) is 6.42 Å². The molecular weight excluding hydrogens is 98.1 g/mol. The van der Waals surface area contributed by atoms with Gasteiger partial charge in [-0.25, -0.2) is 0 Å². The van der Waals surface area contributed by atoms with Crippen LogP contribution in [0.4, 0.5) is 0 Å². The molecule has 0 spiro atoms. The Morgan fingerprint density at radius 2 is 1.88 bits per heavy atom. The van der Waals surface area contributed by atoms with Crippen LogP contribution in [-0.4, -0.2) is 5.54 Å². The molecule has 1 heteroatoms. The van der Waals surface area contributed by atoms with Gasteiger partial charge in [-0.05, 0) is 5.92 Å².